The molecule has 0 amide bonds. The predicted molar refractivity (Wildman–Crippen MR) is 101 cm³/mol. The summed E-state index contributed by atoms with van der Waals surface area (Å²) in [5.41, 5.74) is 8.02. The fourth-order valence-electron chi connectivity index (χ4n) is 2.42. The van der Waals surface area contributed by atoms with E-state index in [0.29, 0.717) is 17.2 Å². The zero-order valence-electron chi connectivity index (χ0n) is 13.4. The Bertz CT molecular complexity index is 861. The van der Waals surface area contributed by atoms with Crippen molar-refractivity contribution in [2.45, 2.75) is 39.3 Å². The maximum absolute atomic E-state index is 13.6. The van der Waals surface area contributed by atoms with Crippen LogP contribution in [0.2, 0.25) is 5.28 Å². The van der Waals surface area contributed by atoms with Crippen LogP contribution in [0.5, 0.6) is 0 Å². The summed E-state index contributed by atoms with van der Waals surface area (Å²) in [5.74, 6) is 0.433. The molecule has 0 aliphatic carbocycles. The Balaban J connectivity index is 1.95. The van der Waals surface area contributed by atoms with Gasteiger partial charge in [-0.05, 0) is 48.4 Å². The van der Waals surface area contributed by atoms with Gasteiger partial charge in [0.2, 0.25) is 5.28 Å². The molecule has 8 heteroatoms. The number of thiophene rings is 2. The molecule has 24 heavy (non-hydrogen) atoms. The third-order valence-electron chi connectivity index (χ3n) is 3.92. The van der Waals surface area contributed by atoms with Crippen LogP contribution in [-0.4, -0.2) is 16.0 Å². The van der Waals surface area contributed by atoms with Crippen molar-refractivity contribution in [3.8, 4) is 0 Å². The van der Waals surface area contributed by atoms with Crippen LogP contribution in [0.4, 0.5) is 10.2 Å². The number of halogens is 2. The summed E-state index contributed by atoms with van der Waals surface area (Å²) in [5, 5.41) is 5.11. The first-order chi connectivity index (χ1) is 11.5. The molecule has 0 aromatic carbocycles. The van der Waals surface area contributed by atoms with Gasteiger partial charge in [0.25, 0.3) is 0 Å². The van der Waals surface area contributed by atoms with E-state index in [4.69, 9.17) is 17.3 Å². The van der Waals surface area contributed by atoms with Crippen molar-refractivity contribution in [2.24, 2.45) is 5.73 Å². The number of hydrogen-bond acceptors (Lipinski definition) is 6. The highest BCUT2D eigenvalue weighted by molar-refractivity contribution is 7.19. The van der Waals surface area contributed by atoms with E-state index in [-0.39, 0.29) is 17.1 Å². The second-order valence-electron chi connectivity index (χ2n) is 5.59. The summed E-state index contributed by atoms with van der Waals surface area (Å²) in [6.07, 6.45) is 1.73. The van der Waals surface area contributed by atoms with Crippen molar-refractivity contribution in [3.63, 3.8) is 0 Å². The fraction of sp³-hybridized carbons (Fsp3) is 0.375. The Morgan fingerprint density at radius 3 is 2.83 bits per heavy atom. The maximum Gasteiger partial charge on any atom is 0.224 e. The summed E-state index contributed by atoms with van der Waals surface area (Å²) in [7, 11) is 0. The Labute approximate surface area is 152 Å². The van der Waals surface area contributed by atoms with Gasteiger partial charge in [0.15, 0.2) is 0 Å². The molecule has 3 aromatic rings. The topological polar surface area (TPSA) is 63.8 Å². The first-order valence-corrected chi connectivity index (χ1v) is 9.73. The number of fused-ring (bicyclic) bond motifs is 1. The molecule has 3 N–H and O–H groups in total. The lowest BCUT2D eigenvalue weighted by Gasteiger charge is -2.06. The predicted octanol–water partition coefficient (Wildman–Crippen LogP) is 4.75. The molecule has 3 aromatic heterocycles. The van der Waals surface area contributed by atoms with Crippen molar-refractivity contribution < 1.29 is 4.39 Å². The summed E-state index contributed by atoms with van der Waals surface area (Å²) in [6, 6.07) is 1.58. The third-order valence-corrected chi connectivity index (χ3v) is 6.29. The molecule has 4 nitrogen and oxygen atoms in total. The number of hydrogen-bond donors (Lipinski definition) is 2. The zero-order chi connectivity index (χ0) is 17.3. The molecule has 3 heterocycles. The van der Waals surface area contributed by atoms with Crippen LogP contribution in [0.1, 0.15) is 28.7 Å². The zero-order valence-corrected chi connectivity index (χ0v) is 15.8. The lowest BCUT2D eigenvalue weighted by Crippen LogP contribution is -2.21. The number of rotatable bonds is 6. The number of anilines is 1. The molecular weight excluding hydrogens is 367 g/mol. The van der Waals surface area contributed by atoms with Gasteiger partial charge < -0.3 is 11.1 Å². The Hall–Kier alpha value is -1.28. The Morgan fingerprint density at radius 1 is 1.38 bits per heavy atom. The third kappa shape index (κ3) is 3.54. The molecule has 0 aliphatic rings. The minimum absolute atomic E-state index is 0.122. The standard InChI is InChI=1S/C16H18ClFN4S2/c1-3-9(19)6-11-8(2)13-14(24-11)15(22-16(17)21-13)20-7-12-10(18)4-5-23-12/h4-5,9H,3,6-7,19H2,1-2H3,(H,20,21,22). The maximum atomic E-state index is 13.6. The Kier molecular flexibility index (Phi) is 5.34. The van der Waals surface area contributed by atoms with Gasteiger partial charge >= 0.3 is 0 Å². The van der Waals surface area contributed by atoms with Crippen LogP contribution < -0.4 is 11.1 Å². The summed E-state index contributed by atoms with van der Waals surface area (Å²) in [6.45, 7) is 4.47. The molecule has 0 saturated heterocycles. The SMILES string of the molecule is CCC(N)Cc1sc2c(NCc3sccc3F)nc(Cl)nc2c1C. The molecule has 0 spiro atoms. The van der Waals surface area contributed by atoms with Crippen LogP contribution in [-0.2, 0) is 13.0 Å². The minimum Gasteiger partial charge on any atom is -0.364 e. The van der Waals surface area contributed by atoms with Gasteiger partial charge in [0.1, 0.15) is 11.6 Å². The molecule has 0 radical (unpaired) electrons. The van der Waals surface area contributed by atoms with Crippen molar-refractivity contribution in [2.75, 3.05) is 5.32 Å². The van der Waals surface area contributed by atoms with Crippen LogP contribution in [0.15, 0.2) is 11.4 Å². The summed E-state index contributed by atoms with van der Waals surface area (Å²) in [4.78, 5) is 10.5. The molecular formula is C16H18ClFN4S2. The van der Waals surface area contributed by atoms with Crippen molar-refractivity contribution >= 4 is 50.3 Å². The summed E-state index contributed by atoms with van der Waals surface area (Å²) < 4.78 is 14.5. The van der Waals surface area contributed by atoms with Gasteiger partial charge in [-0.25, -0.2) is 9.37 Å². The highest BCUT2D eigenvalue weighted by Crippen LogP contribution is 2.35. The lowest BCUT2D eigenvalue weighted by molar-refractivity contribution is 0.621. The molecule has 3 rings (SSSR count). The van der Waals surface area contributed by atoms with Crippen molar-refractivity contribution in [3.05, 3.63) is 37.9 Å². The number of aromatic nitrogens is 2. The smallest absolute Gasteiger partial charge is 0.224 e. The highest BCUT2D eigenvalue weighted by atomic mass is 35.5. The van der Waals surface area contributed by atoms with Crippen LogP contribution >= 0.6 is 34.3 Å². The van der Waals surface area contributed by atoms with Gasteiger partial charge in [-0.3, -0.25) is 0 Å². The summed E-state index contributed by atoms with van der Waals surface area (Å²) >= 11 is 9.08. The van der Waals surface area contributed by atoms with E-state index < -0.39 is 0 Å². The van der Waals surface area contributed by atoms with E-state index in [1.54, 1.807) is 16.7 Å². The molecule has 1 unspecified atom stereocenters. The second-order valence-corrected chi connectivity index (χ2v) is 8.03. The molecule has 0 aliphatic heterocycles. The molecule has 1 atom stereocenters. The van der Waals surface area contributed by atoms with E-state index >= 15 is 0 Å². The van der Waals surface area contributed by atoms with Crippen LogP contribution in [0, 0.1) is 12.7 Å². The average Bonchev–Trinajstić information content (AvgIpc) is 3.10. The van der Waals surface area contributed by atoms with Crippen LogP contribution in [0.3, 0.4) is 0 Å². The van der Waals surface area contributed by atoms with Gasteiger partial charge in [-0.1, -0.05) is 6.92 Å². The van der Waals surface area contributed by atoms with Crippen molar-refractivity contribution in [1.29, 1.82) is 0 Å². The van der Waals surface area contributed by atoms with Gasteiger partial charge in [0.05, 0.1) is 21.6 Å². The van der Waals surface area contributed by atoms with E-state index in [0.717, 1.165) is 28.6 Å². The first-order valence-electron chi connectivity index (χ1n) is 7.66. The lowest BCUT2D eigenvalue weighted by atomic mass is 10.1. The molecule has 0 saturated carbocycles. The highest BCUT2D eigenvalue weighted by Gasteiger charge is 2.17. The Morgan fingerprint density at radius 2 is 2.17 bits per heavy atom. The second kappa shape index (κ2) is 7.31. The number of nitrogens with two attached hydrogens (primary N) is 1. The largest absolute Gasteiger partial charge is 0.364 e. The monoisotopic (exact) mass is 384 g/mol. The first kappa shape index (κ1) is 17.5. The average molecular weight is 385 g/mol. The van der Waals surface area contributed by atoms with E-state index in [1.807, 2.05) is 6.92 Å². The van der Waals surface area contributed by atoms with Crippen molar-refractivity contribution in [1.82, 2.24) is 9.97 Å². The minimum atomic E-state index is -0.208. The molecule has 128 valence electrons. The van der Waals surface area contributed by atoms with Crippen LogP contribution in [0.25, 0.3) is 10.2 Å². The molecule has 0 bridgehead atoms. The number of aryl methyl sites for hydroxylation is 1. The number of nitrogens with one attached hydrogen (secondary N) is 1. The molecule has 0 fully saturated rings. The van der Waals surface area contributed by atoms with Gasteiger partial charge in [0, 0.05) is 10.9 Å². The van der Waals surface area contributed by atoms with Gasteiger partial charge in [-0.2, -0.15) is 4.98 Å². The fourth-order valence-corrected chi connectivity index (χ4v) is 4.58. The van der Waals surface area contributed by atoms with Gasteiger partial charge in [-0.15, -0.1) is 22.7 Å². The number of nitrogens with zero attached hydrogens (tertiary/aromatic N) is 2. The van der Waals surface area contributed by atoms with E-state index in [9.17, 15) is 4.39 Å². The van der Waals surface area contributed by atoms with E-state index in [1.165, 1.54) is 22.3 Å². The normalized spacial score (nSPS) is 12.7. The quantitative estimate of drug-likeness (QED) is 0.602. The van der Waals surface area contributed by atoms with E-state index in [2.05, 4.69) is 22.2 Å².